The Hall–Kier alpha value is -1.60. The minimum absolute atomic E-state index is 0.142. The number of carbonyl (C=O) groups is 1. The van der Waals surface area contributed by atoms with Crippen molar-refractivity contribution in [1.82, 2.24) is 4.31 Å². The third-order valence-electron chi connectivity index (χ3n) is 2.88. The lowest BCUT2D eigenvalue weighted by Gasteiger charge is -2.20. The number of sulfonamides is 1. The molecule has 0 fully saturated rings. The molecule has 7 heteroatoms. The fourth-order valence-electron chi connectivity index (χ4n) is 1.68. The smallest absolute Gasteiger partial charge is 0.306 e. The van der Waals surface area contributed by atoms with E-state index < -0.39 is 16.0 Å². The van der Waals surface area contributed by atoms with Crippen molar-refractivity contribution in [3.05, 3.63) is 29.8 Å². The van der Waals surface area contributed by atoms with Gasteiger partial charge in [-0.15, -0.1) is 0 Å². The molecule has 6 nitrogen and oxygen atoms in total. The lowest BCUT2D eigenvalue weighted by Crippen LogP contribution is -2.33. The number of hydrogen-bond donors (Lipinski definition) is 1. The number of nitrogens with two attached hydrogens (primary N) is 1. The summed E-state index contributed by atoms with van der Waals surface area (Å²) in [6, 6.07) is 7.02. The van der Waals surface area contributed by atoms with Crippen LogP contribution in [-0.2, 0) is 26.1 Å². The molecule has 0 spiro atoms. The average Bonchev–Trinajstić information content (AvgIpc) is 2.43. The number of methoxy groups -OCH3 is 1. The number of carbonyl (C=O) groups excluding carboxylic acids is 1. The van der Waals surface area contributed by atoms with Gasteiger partial charge >= 0.3 is 5.97 Å². The average molecular weight is 300 g/mol. The van der Waals surface area contributed by atoms with E-state index in [9.17, 15) is 13.2 Å². The van der Waals surface area contributed by atoms with Gasteiger partial charge in [-0.3, -0.25) is 4.79 Å². The number of esters is 1. The maximum absolute atomic E-state index is 12.1. The fourth-order valence-corrected chi connectivity index (χ4v) is 3.10. The summed E-state index contributed by atoms with van der Waals surface area (Å²) in [5, 5.41) is 0. The Morgan fingerprint density at radius 1 is 1.30 bits per heavy atom. The van der Waals surface area contributed by atoms with E-state index in [4.69, 9.17) is 5.73 Å². The van der Waals surface area contributed by atoms with Crippen molar-refractivity contribution < 1.29 is 17.9 Å². The molecule has 20 heavy (non-hydrogen) atoms. The summed E-state index contributed by atoms with van der Waals surface area (Å²) in [7, 11) is -2.25. The Balaban J connectivity index is 2.73. The Bertz CT molecular complexity index is 540. The molecule has 0 atom stereocenters. The van der Waals surface area contributed by atoms with Crippen LogP contribution in [0.5, 0.6) is 0 Å². The molecule has 0 aromatic heterocycles. The maximum Gasteiger partial charge on any atom is 0.306 e. The van der Waals surface area contributed by atoms with E-state index in [0.717, 1.165) is 5.56 Å². The van der Waals surface area contributed by atoms with Crippen LogP contribution in [0, 0.1) is 0 Å². The van der Waals surface area contributed by atoms with Gasteiger partial charge in [0.2, 0.25) is 10.0 Å². The minimum Gasteiger partial charge on any atom is -0.469 e. The second kappa shape index (κ2) is 7.25. The normalized spacial score (nSPS) is 11.6. The van der Waals surface area contributed by atoms with E-state index in [-0.39, 0.29) is 18.7 Å². The molecule has 0 bridgehead atoms. The zero-order valence-electron chi connectivity index (χ0n) is 11.7. The molecule has 0 aliphatic carbocycles. The van der Waals surface area contributed by atoms with E-state index in [2.05, 4.69) is 4.74 Å². The summed E-state index contributed by atoms with van der Waals surface area (Å²) in [6.45, 7) is 2.36. The molecule has 0 saturated carbocycles. The van der Waals surface area contributed by atoms with Crippen molar-refractivity contribution in [2.24, 2.45) is 0 Å². The van der Waals surface area contributed by atoms with Crippen LogP contribution in [0.4, 0.5) is 5.69 Å². The number of rotatable bonds is 7. The van der Waals surface area contributed by atoms with Gasteiger partial charge < -0.3 is 10.5 Å². The number of nitrogens with zero attached hydrogens (tertiary/aromatic N) is 1. The predicted molar refractivity (Wildman–Crippen MR) is 77.4 cm³/mol. The molecule has 1 aromatic rings. The van der Waals surface area contributed by atoms with Crippen LogP contribution >= 0.6 is 0 Å². The quantitative estimate of drug-likeness (QED) is 0.599. The van der Waals surface area contributed by atoms with Crippen LogP contribution in [0.2, 0.25) is 0 Å². The van der Waals surface area contributed by atoms with Crippen molar-refractivity contribution in [1.29, 1.82) is 0 Å². The first-order chi connectivity index (χ1) is 9.39. The monoisotopic (exact) mass is 300 g/mol. The van der Waals surface area contributed by atoms with Crippen LogP contribution in [0.15, 0.2) is 24.3 Å². The van der Waals surface area contributed by atoms with Crippen LogP contribution in [0.3, 0.4) is 0 Å². The lowest BCUT2D eigenvalue weighted by atomic mass is 10.2. The van der Waals surface area contributed by atoms with E-state index in [1.807, 2.05) is 0 Å². The summed E-state index contributed by atoms with van der Waals surface area (Å²) < 4.78 is 30.1. The van der Waals surface area contributed by atoms with Gasteiger partial charge in [0.05, 0.1) is 19.3 Å². The predicted octanol–water partition coefficient (Wildman–Crippen LogP) is 0.984. The Morgan fingerprint density at radius 3 is 2.40 bits per heavy atom. The second-order valence-corrected chi connectivity index (χ2v) is 6.40. The number of ether oxygens (including phenoxy) is 1. The Morgan fingerprint density at radius 2 is 1.90 bits per heavy atom. The van der Waals surface area contributed by atoms with Gasteiger partial charge in [-0.05, 0) is 17.7 Å². The van der Waals surface area contributed by atoms with E-state index in [0.29, 0.717) is 12.2 Å². The zero-order valence-corrected chi connectivity index (χ0v) is 12.5. The highest BCUT2D eigenvalue weighted by Crippen LogP contribution is 2.12. The molecular weight excluding hydrogens is 280 g/mol. The molecular formula is C13H20N2O4S. The topological polar surface area (TPSA) is 89.7 Å². The summed E-state index contributed by atoms with van der Waals surface area (Å²) >= 11 is 0. The van der Waals surface area contributed by atoms with Crippen LogP contribution in [0.25, 0.3) is 0 Å². The summed E-state index contributed by atoms with van der Waals surface area (Å²) in [5.74, 6) is -0.778. The Kier molecular flexibility index (Phi) is 5.97. The number of anilines is 1. The van der Waals surface area contributed by atoms with Crippen molar-refractivity contribution >= 4 is 21.7 Å². The highest BCUT2D eigenvalue weighted by atomic mass is 32.2. The van der Waals surface area contributed by atoms with Crippen LogP contribution < -0.4 is 5.73 Å². The van der Waals surface area contributed by atoms with Gasteiger partial charge in [0.25, 0.3) is 0 Å². The van der Waals surface area contributed by atoms with Crippen molar-refractivity contribution in [3.63, 3.8) is 0 Å². The molecule has 0 amide bonds. The molecule has 1 rings (SSSR count). The Labute approximate surface area is 119 Å². The molecule has 0 saturated heterocycles. The number of benzene rings is 1. The van der Waals surface area contributed by atoms with Crippen LogP contribution in [0.1, 0.15) is 18.9 Å². The minimum atomic E-state index is -3.48. The number of hydrogen-bond acceptors (Lipinski definition) is 5. The fraction of sp³-hybridized carbons (Fsp3) is 0.462. The second-order valence-electron chi connectivity index (χ2n) is 4.31. The number of nitrogen functional groups attached to an aromatic ring is 1. The van der Waals surface area contributed by atoms with Crippen molar-refractivity contribution in [3.8, 4) is 0 Å². The largest absolute Gasteiger partial charge is 0.469 e. The van der Waals surface area contributed by atoms with Gasteiger partial charge in [-0.2, -0.15) is 4.31 Å². The van der Waals surface area contributed by atoms with Gasteiger partial charge in [0.1, 0.15) is 0 Å². The molecule has 1 aromatic carbocycles. The highest BCUT2D eigenvalue weighted by Gasteiger charge is 2.22. The van der Waals surface area contributed by atoms with E-state index in [1.54, 1.807) is 31.2 Å². The summed E-state index contributed by atoms with van der Waals surface area (Å²) in [4.78, 5) is 11.0. The zero-order chi connectivity index (χ0) is 15.2. The van der Waals surface area contributed by atoms with Crippen molar-refractivity contribution in [2.75, 3.05) is 25.1 Å². The molecule has 0 radical (unpaired) electrons. The molecule has 0 aliphatic rings. The van der Waals surface area contributed by atoms with Gasteiger partial charge in [-0.25, -0.2) is 8.42 Å². The van der Waals surface area contributed by atoms with E-state index in [1.165, 1.54) is 11.4 Å². The lowest BCUT2D eigenvalue weighted by molar-refractivity contribution is -0.140. The first kappa shape index (κ1) is 16.5. The van der Waals surface area contributed by atoms with Crippen molar-refractivity contribution in [2.45, 2.75) is 19.9 Å². The van der Waals surface area contributed by atoms with Gasteiger partial charge in [0, 0.05) is 18.8 Å². The first-order valence-corrected chi connectivity index (χ1v) is 7.89. The maximum atomic E-state index is 12.1. The molecule has 0 heterocycles. The third kappa shape index (κ3) is 4.82. The first-order valence-electron chi connectivity index (χ1n) is 6.28. The standard InChI is InChI=1S/C13H20N2O4S/c1-3-15(10-11-4-6-12(14)7-5-11)20(17,18)9-8-13(16)19-2/h4-7H,3,8-10,14H2,1-2H3. The molecule has 0 unspecified atom stereocenters. The summed E-state index contributed by atoms with van der Waals surface area (Å²) in [6.07, 6.45) is -0.142. The summed E-state index contributed by atoms with van der Waals surface area (Å²) in [5.41, 5.74) is 7.07. The highest BCUT2D eigenvalue weighted by molar-refractivity contribution is 7.89. The van der Waals surface area contributed by atoms with Crippen LogP contribution in [-0.4, -0.2) is 38.1 Å². The third-order valence-corrected chi connectivity index (χ3v) is 4.77. The van der Waals surface area contributed by atoms with E-state index >= 15 is 0 Å². The SMILES string of the molecule is CCN(Cc1ccc(N)cc1)S(=O)(=O)CCC(=O)OC. The molecule has 112 valence electrons. The molecule has 2 N–H and O–H groups in total. The van der Waals surface area contributed by atoms with Gasteiger partial charge in [0.15, 0.2) is 0 Å². The van der Waals surface area contributed by atoms with Gasteiger partial charge in [-0.1, -0.05) is 19.1 Å². The molecule has 0 aliphatic heterocycles.